The molecular formula is C14H16N2O5S. The first kappa shape index (κ1) is 16.0. The molecule has 7 nitrogen and oxygen atoms in total. The van der Waals surface area contributed by atoms with Gasteiger partial charge >= 0.3 is 0 Å². The topological polar surface area (TPSA) is 98.5 Å². The Morgan fingerprint density at radius 1 is 1.32 bits per heavy atom. The number of benzene rings is 1. The molecule has 0 radical (unpaired) electrons. The van der Waals surface area contributed by atoms with Crippen molar-refractivity contribution in [3.05, 3.63) is 41.3 Å². The molecule has 1 N–H and O–H groups in total. The van der Waals surface area contributed by atoms with Gasteiger partial charge in [0.05, 0.1) is 13.5 Å². The van der Waals surface area contributed by atoms with Crippen LogP contribution >= 0.6 is 0 Å². The predicted octanol–water partition coefficient (Wildman–Crippen LogP) is 1.35. The number of sulfonamides is 1. The molecule has 0 aliphatic carbocycles. The monoisotopic (exact) mass is 324 g/mol. The van der Waals surface area contributed by atoms with Gasteiger partial charge in [0.2, 0.25) is 5.91 Å². The number of ether oxygens (including phenoxy) is 1. The van der Waals surface area contributed by atoms with Crippen molar-refractivity contribution in [1.82, 2.24) is 9.88 Å². The fourth-order valence-electron chi connectivity index (χ4n) is 2.12. The highest BCUT2D eigenvalue weighted by atomic mass is 32.2. The van der Waals surface area contributed by atoms with Gasteiger partial charge in [-0.15, -0.1) is 0 Å². The number of rotatable bonds is 5. The van der Waals surface area contributed by atoms with Crippen LogP contribution in [0.15, 0.2) is 33.7 Å². The molecule has 1 aromatic carbocycles. The van der Waals surface area contributed by atoms with E-state index in [9.17, 15) is 13.2 Å². The number of amides is 1. The van der Waals surface area contributed by atoms with Crippen LogP contribution in [0.3, 0.4) is 0 Å². The zero-order valence-electron chi connectivity index (χ0n) is 12.4. The second kappa shape index (κ2) is 6.18. The lowest BCUT2D eigenvalue weighted by atomic mass is 10.1. The van der Waals surface area contributed by atoms with Gasteiger partial charge in [-0.25, -0.2) is 13.1 Å². The van der Waals surface area contributed by atoms with Crippen LogP contribution in [0.25, 0.3) is 0 Å². The van der Waals surface area contributed by atoms with Gasteiger partial charge in [0.25, 0.3) is 10.0 Å². The van der Waals surface area contributed by atoms with Crippen LogP contribution in [0.4, 0.5) is 0 Å². The van der Waals surface area contributed by atoms with Crippen LogP contribution in [-0.4, -0.2) is 26.6 Å². The van der Waals surface area contributed by atoms with Crippen molar-refractivity contribution in [2.45, 2.75) is 25.2 Å². The maximum absolute atomic E-state index is 12.2. The molecule has 0 unspecified atom stereocenters. The van der Waals surface area contributed by atoms with Crippen molar-refractivity contribution in [3.8, 4) is 5.75 Å². The lowest BCUT2D eigenvalue weighted by molar-refractivity contribution is -0.118. The summed E-state index contributed by atoms with van der Waals surface area (Å²) >= 11 is 0. The first-order valence-electron chi connectivity index (χ1n) is 6.45. The van der Waals surface area contributed by atoms with Gasteiger partial charge in [-0.3, -0.25) is 4.79 Å². The Bertz CT molecular complexity index is 776. The maximum atomic E-state index is 12.2. The molecule has 0 saturated carbocycles. The van der Waals surface area contributed by atoms with Crippen LogP contribution in [0, 0.1) is 13.8 Å². The zero-order chi connectivity index (χ0) is 16.3. The molecule has 22 heavy (non-hydrogen) atoms. The molecule has 0 saturated heterocycles. The van der Waals surface area contributed by atoms with Gasteiger partial charge in [0.15, 0.2) is 10.7 Å². The molecule has 1 amide bonds. The summed E-state index contributed by atoms with van der Waals surface area (Å²) in [4.78, 5) is 11.9. The Hall–Kier alpha value is -2.35. The molecule has 1 aromatic heterocycles. The van der Waals surface area contributed by atoms with Crippen molar-refractivity contribution in [1.29, 1.82) is 0 Å². The number of hydrogen-bond donors (Lipinski definition) is 1. The highest BCUT2D eigenvalue weighted by Crippen LogP contribution is 2.20. The van der Waals surface area contributed by atoms with Gasteiger partial charge in [-0.1, -0.05) is 23.4 Å². The van der Waals surface area contributed by atoms with E-state index < -0.39 is 15.9 Å². The van der Waals surface area contributed by atoms with E-state index in [1.807, 2.05) is 4.72 Å². The zero-order valence-corrected chi connectivity index (χ0v) is 13.2. The van der Waals surface area contributed by atoms with Crippen LogP contribution in [-0.2, 0) is 21.2 Å². The number of carbonyl (C=O) groups excluding carboxylic acids is 1. The predicted molar refractivity (Wildman–Crippen MR) is 78.0 cm³/mol. The number of nitrogens with one attached hydrogen (secondary N) is 1. The first-order valence-corrected chi connectivity index (χ1v) is 7.94. The van der Waals surface area contributed by atoms with Crippen LogP contribution in [0.5, 0.6) is 5.75 Å². The van der Waals surface area contributed by atoms with Crippen molar-refractivity contribution >= 4 is 15.9 Å². The van der Waals surface area contributed by atoms with Gasteiger partial charge in [0, 0.05) is 5.56 Å². The van der Waals surface area contributed by atoms with E-state index in [-0.39, 0.29) is 22.8 Å². The fourth-order valence-corrected chi connectivity index (χ4v) is 3.43. The maximum Gasteiger partial charge on any atom is 0.269 e. The van der Waals surface area contributed by atoms with Crippen LogP contribution < -0.4 is 9.46 Å². The summed E-state index contributed by atoms with van der Waals surface area (Å²) in [7, 11) is -2.53. The normalized spacial score (nSPS) is 11.2. The third kappa shape index (κ3) is 3.28. The highest BCUT2D eigenvalue weighted by Gasteiger charge is 2.26. The molecule has 1 heterocycles. The standard InChI is InChI=1S/C14H16N2O5S/c1-9-14(10(2)21-15-9)22(18,19)16-13(17)8-11-6-4-5-7-12(11)20-3/h4-7H,8H2,1-3H3,(H,16,17). The molecule has 0 spiro atoms. The summed E-state index contributed by atoms with van der Waals surface area (Å²) < 4.78 is 36.4. The minimum absolute atomic E-state index is 0.110. The Morgan fingerprint density at radius 3 is 2.59 bits per heavy atom. The lowest BCUT2D eigenvalue weighted by Crippen LogP contribution is -2.32. The molecule has 2 rings (SSSR count). The van der Waals surface area contributed by atoms with Crippen molar-refractivity contribution in [2.75, 3.05) is 7.11 Å². The molecule has 118 valence electrons. The second-order valence-corrected chi connectivity index (χ2v) is 6.29. The van der Waals surface area contributed by atoms with Crippen molar-refractivity contribution < 1.29 is 22.5 Å². The number of carbonyl (C=O) groups is 1. The van der Waals surface area contributed by atoms with E-state index in [0.29, 0.717) is 11.3 Å². The third-order valence-corrected chi connectivity index (χ3v) is 4.65. The smallest absolute Gasteiger partial charge is 0.269 e. The molecule has 0 atom stereocenters. The number of para-hydroxylation sites is 1. The molecule has 8 heteroatoms. The van der Waals surface area contributed by atoms with Crippen molar-refractivity contribution in [2.24, 2.45) is 0 Å². The third-order valence-electron chi connectivity index (χ3n) is 3.03. The molecule has 0 bridgehead atoms. The Balaban J connectivity index is 2.19. The summed E-state index contributed by atoms with van der Waals surface area (Å²) in [6, 6.07) is 6.90. The quantitative estimate of drug-likeness (QED) is 0.891. The lowest BCUT2D eigenvalue weighted by Gasteiger charge is -2.09. The number of aromatic nitrogens is 1. The number of hydrogen-bond acceptors (Lipinski definition) is 6. The minimum Gasteiger partial charge on any atom is -0.496 e. The Morgan fingerprint density at radius 2 is 2.00 bits per heavy atom. The molecule has 0 fully saturated rings. The number of methoxy groups -OCH3 is 1. The van der Waals surface area contributed by atoms with E-state index in [2.05, 4.69) is 5.16 Å². The largest absolute Gasteiger partial charge is 0.496 e. The van der Waals surface area contributed by atoms with Gasteiger partial charge < -0.3 is 9.26 Å². The summed E-state index contributed by atoms with van der Waals surface area (Å²) in [5.41, 5.74) is 0.798. The van der Waals surface area contributed by atoms with E-state index in [4.69, 9.17) is 9.26 Å². The average Bonchev–Trinajstić information content (AvgIpc) is 2.78. The van der Waals surface area contributed by atoms with E-state index >= 15 is 0 Å². The fraction of sp³-hybridized carbons (Fsp3) is 0.286. The van der Waals surface area contributed by atoms with Gasteiger partial charge in [-0.2, -0.15) is 0 Å². The van der Waals surface area contributed by atoms with Crippen LogP contribution in [0.1, 0.15) is 17.0 Å². The SMILES string of the molecule is COc1ccccc1CC(=O)NS(=O)(=O)c1c(C)noc1C. The van der Waals surface area contributed by atoms with E-state index in [1.165, 1.54) is 21.0 Å². The van der Waals surface area contributed by atoms with Gasteiger partial charge in [-0.05, 0) is 19.9 Å². The number of aryl methyl sites for hydroxylation is 2. The Labute approximate surface area is 128 Å². The summed E-state index contributed by atoms with van der Waals surface area (Å²) in [5, 5.41) is 3.58. The first-order chi connectivity index (χ1) is 10.3. The van der Waals surface area contributed by atoms with E-state index in [1.54, 1.807) is 24.3 Å². The van der Waals surface area contributed by atoms with Crippen LogP contribution in [0.2, 0.25) is 0 Å². The van der Waals surface area contributed by atoms with Gasteiger partial charge in [0.1, 0.15) is 11.4 Å². The second-order valence-electron chi connectivity index (χ2n) is 4.67. The Kier molecular flexibility index (Phi) is 4.51. The summed E-state index contributed by atoms with van der Waals surface area (Å²) in [6.45, 7) is 2.97. The van der Waals surface area contributed by atoms with Crippen molar-refractivity contribution in [3.63, 3.8) is 0 Å². The number of nitrogens with zero attached hydrogens (tertiary/aromatic N) is 1. The highest BCUT2D eigenvalue weighted by molar-refractivity contribution is 7.90. The average molecular weight is 324 g/mol. The molecular weight excluding hydrogens is 308 g/mol. The molecule has 0 aliphatic rings. The summed E-state index contributed by atoms with van der Waals surface area (Å²) in [5.74, 6) is -0.00743. The molecule has 0 aliphatic heterocycles. The summed E-state index contributed by atoms with van der Waals surface area (Å²) in [6.07, 6.45) is -0.118. The minimum atomic E-state index is -4.01. The van der Waals surface area contributed by atoms with E-state index in [0.717, 1.165) is 0 Å². The molecule has 2 aromatic rings.